The van der Waals surface area contributed by atoms with Crippen molar-refractivity contribution in [3.05, 3.63) is 60.7 Å². The lowest BCUT2D eigenvalue weighted by atomic mass is 10.3. The van der Waals surface area contributed by atoms with E-state index >= 15 is 0 Å². The highest BCUT2D eigenvalue weighted by molar-refractivity contribution is 5.91. The second-order valence-corrected chi connectivity index (χ2v) is 5.05. The number of pyridine rings is 1. The topological polar surface area (TPSA) is 92.3 Å². The number of ether oxygens (including phenoxy) is 2. The van der Waals surface area contributed by atoms with Crippen LogP contribution in [0, 0.1) is 17.8 Å². The highest BCUT2D eigenvalue weighted by Gasteiger charge is 2.20. The van der Waals surface area contributed by atoms with Crippen molar-refractivity contribution < 1.29 is 27.4 Å². The average Bonchev–Trinajstić information content (AvgIpc) is 3.11. The molecular weight excluding hydrogens is 401 g/mol. The van der Waals surface area contributed by atoms with Gasteiger partial charge in [0.15, 0.2) is 5.82 Å². The van der Waals surface area contributed by atoms with Gasteiger partial charge in [0, 0.05) is 6.04 Å². The summed E-state index contributed by atoms with van der Waals surface area (Å²) in [6, 6.07) is 4.84. The highest BCUT2D eigenvalue weighted by atomic mass is 19.1. The largest absolute Gasteiger partial charge is 0.480 e. The first-order valence-electron chi connectivity index (χ1n) is 8.12. The van der Waals surface area contributed by atoms with Gasteiger partial charge in [-0.2, -0.15) is 9.78 Å². The van der Waals surface area contributed by atoms with Gasteiger partial charge in [-0.05, 0) is 32.9 Å². The van der Waals surface area contributed by atoms with Crippen LogP contribution in [0.3, 0.4) is 0 Å². The molecule has 2 aromatic heterocycles. The molecule has 0 aliphatic rings. The van der Waals surface area contributed by atoms with Crippen LogP contribution in [-0.4, -0.2) is 35.0 Å². The number of carbonyl (C=O) groups is 1. The second kappa shape index (κ2) is 16.2. The molecule has 2 N–H and O–H groups in total. The molecule has 2 rings (SSSR count). The minimum Gasteiger partial charge on any atom is -0.480 e. The number of nitrogens with zero attached hydrogens (tertiary/aromatic N) is 3. The van der Waals surface area contributed by atoms with E-state index in [9.17, 15) is 18.0 Å². The van der Waals surface area contributed by atoms with Gasteiger partial charge in [0.05, 0.1) is 38.3 Å². The average molecular weight is 426 g/mol. The Bertz CT molecular complexity index is 844. The van der Waals surface area contributed by atoms with E-state index in [2.05, 4.69) is 45.7 Å². The summed E-state index contributed by atoms with van der Waals surface area (Å²) in [5.41, 5.74) is 4.84. The predicted molar refractivity (Wildman–Crippen MR) is 109 cm³/mol. The second-order valence-electron chi connectivity index (χ2n) is 5.05. The third-order valence-electron chi connectivity index (χ3n) is 2.40. The Morgan fingerprint density at radius 2 is 1.67 bits per heavy atom. The molecule has 0 radical (unpaired) electrons. The third-order valence-corrected chi connectivity index (χ3v) is 2.40. The zero-order valence-corrected chi connectivity index (χ0v) is 17.5. The number of hydrogen-bond acceptors (Lipinski definition) is 6. The predicted octanol–water partition coefficient (Wildman–Crippen LogP) is 4.11. The summed E-state index contributed by atoms with van der Waals surface area (Å²) in [4.78, 5) is 15.3. The number of carbonyl (C=O) groups excluding carboxylic acids is 1. The van der Waals surface area contributed by atoms with Crippen molar-refractivity contribution in [2.75, 3.05) is 14.2 Å². The Morgan fingerprint density at radius 1 is 1.17 bits per heavy atom. The summed E-state index contributed by atoms with van der Waals surface area (Å²) < 4.78 is 45.4. The number of rotatable bonds is 3. The van der Waals surface area contributed by atoms with E-state index in [-0.39, 0.29) is 23.1 Å². The van der Waals surface area contributed by atoms with E-state index in [1.54, 1.807) is 6.92 Å². The van der Waals surface area contributed by atoms with Crippen molar-refractivity contribution in [3.63, 3.8) is 0 Å². The molecule has 2 heterocycles. The number of aromatic nitrogens is 3. The summed E-state index contributed by atoms with van der Waals surface area (Å²) in [5.74, 6) is 1.28. The molecule has 0 aromatic carbocycles. The Balaban J connectivity index is 0. The van der Waals surface area contributed by atoms with Crippen LogP contribution >= 0.6 is 0 Å². The maximum atomic E-state index is 12.8. The normalized spacial score (nSPS) is 8.27. The van der Waals surface area contributed by atoms with Crippen molar-refractivity contribution in [2.24, 2.45) is 5.73 Å². The van der Waals surface area contributed by atoms with Gasteiger partial charge in [-0.1, -0.05) is 19.1 Å². The fourth-order valence-electron chi connectivity index (χ4n) is 1.44. The molecule has 164 valence electrons. The fourth-order valence-corrected chi connectivity index (χ4v) is 1.44. The van der Waals surface area contributed by atoms with Crippen LogP contribution in [0.1, 0.15) is 31.1 Å². The maximum Gasteiger partial charge on any atom is 0.345 e. The van der Waals surface area contributed by atoms with Gasteiger partial charge >= 0.3 is 5.97 Å². The molecule has 0 amide bonds. The summed E-state index contributed by atoms with van der Waals surface area (Å²) in [7, 11) is 2.65. The van der Waals surface area contributed by atoms with E-state index in [1.165, 1.54) is 51.1 Å². The van der Waals surface area contributed by atoms with E-state index in [0.717, 1.165) is 6.20 Å². The number of hydrogen-bond donors (Lipinski definition) is 1. The zero-order chi connectivity index (χ0) is 23.7. The monoisotopic (exact) mass is 426 g/mol. The Morgan fingerprint density at radius 3 is 2.00 bits per heavy atom. The van der Waals surface area contributed by atoms with Crippen LogP contribution in [0.5, 0.6) is 5.88 Å². The first kappa shape index (κ1) is 28.5. The van der Waals surface area contributed by atoms with E-state index in [1.807, 2.05) is 0 Å². The number of allylic oxidation sites excluding steroid dienone is 2. The minimum atomic E-state index is -0.569. The highest BCUT2D eigenvalue weighted by Crippen LogP contribution is 2.21. The lowest BCUT2D eigenvalue weighted by molar-refractivity contribution is 0.0597. The van der Waals surface area contributed by atoms with Crippen LogP contribution in [0.2, 0.25) is 0 Å². The molecule has 0 saturated carbocycles. The van der Waals surface area contributed by atoms with Crippen molar-refractivity contribution >= 4 is 5.97 Å². The van der Waals surface area contributed by atoms with Crippen molar-refractivity contribution in [2.45, 2.75) is 20.8 Å². The van der Waals surface area contributed by atoms with Crippen molar-refractivity contribution in [1.29, 1.82) is 0 Å². The molecule has 0 spiro atoms. The zero-order valence-electron chi connectivity index (χ0n) is 17.5. The molecule has 0 unspecified atom stereocenters. The minimum absolute atomic E-state index is 0.172. The summed E-state index contributed by atoms with van der Waals surface area (Å²) in [6.45, 7) is 10.1. The first-order chi connectivity index (χ1) is 14.0. The Kier molecular flexibility index (Phi) is 15.4. The van der Waals surface area contributed by atoms with E-state index in [4.69, 9.17) is 4.74 Å². The van der Waals surface area contributed by atoms with Crippen LogP contribution in [0.25, 0.3) is 5.82 Å². The Hall–Kier alpha value is -3.74. The molecule has 0 aliphatic carbocycles. The SMILES string of the molecule is C=C(C)F.C=C(C)F.CC#CN.COC(=O)c1cnn(-c2ccc(F)cn2)c1OC. The molecule has 0 saturated heterocycles. The summed E-state index contributed by atoms with van der Waals surface area (Å²) in [6.07, 6.45) is 2.35. The maximum absolute atomic E-state index is 12.8. The third kappa shape index (κ3) is 12.6. The van der Waals surface area contributed by atoms with Crippen LogP contribution in [0.4, 0.5) is 13.2 Å². The number of nitrogens with two attached hydrogens (primary N) is 1. The molecule has 0 aliphatic heterocycles. The van der Waals surface area contributed by atoms with Crippen molar-refractivity contribution in [1.82, 2.24) is 14.8 Å². The smallest absolute Gasteiger partial charge is 0.345 e. The molecule has 2 aromatic rings. The molecule has 0 atom stereocenters. The lowest BCUT2D eigenvalue weighted by Crippen LogP contribution is -2.06. The number of esters is 1. The quantitative estimate of drug-likeness (QED) is 0.451. The number of halogens is 3. The van der Waals surface area contributed by atoms with Crippen LogP contribution < -0.4 is 10.5 Å². The van der Waals surface area contributed by atoms with E-state index in [0.29, 0.717) is 5.82 Å². The molecule has 30 heavy (non-hydrogen) atoms. The van der Waals surface area contributed by atoms with Gasteiger partial charge in [0.1, 0.15) is 11.4 Å². The van der Waals surface area contributed by atoms with E-state index < -0.39 is 11.8 Å². The summed E-state index contributed by atoms with van der Waals surface area (Å²) in [5, 5.41) is 3.96. The molecule has 0 bridgehead atoms. The molecular formula is C20H25F3N4O3. The van der Waals surface area contributed by atoms with Gasteiger partial charge in [-0.15, -0.1) is 0 Å². The summed E-state index contributed by atoms with van der Waals surface area (Å²) >= 11 is 0. The molecule has 0 fully saturated rings. The Labute approximate surface area is 174 Å². The molecule has 10 heteroatoms. The van der Waals surface area contributed by atoms with Gasteiger partial charge < -0.3 is 15.2 Å². The first-order valence-corrected chi connectivity index (χ1v) is 8.12. The standard InChI is InChI=1S/C11H10FN3O3.2C3H5F.C3H5N/c1-17-10-8(11(16)18-2)6-14-15(10)9-4-3-7(12)5-13-9;2*1-3(2)4;1-2-3-4/h3-6H,1-2H3;2*1H2,2H3;4H2,1H3. The lowest BCUT2D eigenvalue weighted by Gasteiger charge is -2.06. The fraction of sp³-hybridized carbons (Fsp3) is 0.250. The molecule has 7 nitrogen and oxygen atoms in total. The number of methoxy groups -OCH3 is 2. The van der Waals surface area contributed by atoms with Crippen LogP contribution in [0.15, 0.2) is 49.3 Å². The van der Waals surface area contributed by atoms with Gasteiger partial charge in [0.2, 0.25) is 5.88 Å². The van der Waals surface area contributed by atoms with Crippen molar-refractivity contribution in [3.8, 4) is 23.7 Å². The van der Waals surface area contributed by atoms with Crippen LogP contribution in [-0.2, 0) is 4.74 Å². The van der Waals surface area contributed by atoms with Gasteiger partial charge in [-0.3, -0.25) is 0 Å². The van der Waals surface area contributed by atoms with Gasteiger partial charge in [-0.25, -0.2) is 22.9 Å². The van der Waals surface area contributed by atoms with Gasteiger partial charge in [0.25, 0.3) is 0 Å².